The quantitative estimate of drug-likeness (QED) is 0.182. The van der Waals surface area contributed by atoms with Gasteiger partial charge in [-0.05, 0) is 99.0 Å². The smallest absolute Gasteiger partial charge is 0.0665 e. The van der Waals surface area contributed by atoms with Crippen LogP contribution in [0.4, 0.5) is 5.69 Å². The van der Waals surface area contributed by atoms with Gasteiger partial charge in [-0.2, -0.15) is 0 Å². The van der Waals surface area contributed by atoms with Crippen molar-refractivity contribution in [1.29, 1.82) is 0 Å². The van der Waals surface area contributed by atoms with Crippen LogP contribution < -0.4 is 0 Å². The zero-order valence-corrected chi connectivity index (χ0v) is 28.3. The third-order valence-electron chi connectivity index (χ3n) is 11.2. The van der Waals surface area contributed by atoms with Gasteiger partial charge < -0.3 is 4.57 Å². The molecule has 1 aromatic heterocycles. The van der Waals surface area contributed by atoms with Gasteiger partial charge in [0.05, 0.1) is 22.4 Å². The van der Waals surface area contributed by atoms with Crippen molar-refractivity contribution in [1.82, 2.24) is 4.57 Å². The van der Waals surface area contributed by atoms with E-state index in [0.717, 1.165) is 17.8 Å². The van der Waals surface area contributed by atoms with Crippen molar-refractivity contribution in [3.05, 3.63) is 192 Å². The Labute approximate surface area is 293 Å². The van der Waals surface area contributed by atoms with E-state index in [4.69, 9.17) is 4.99 Å². The van der Waals surface area contributed by atoms with Gasteiger partial charge >= 0.3 is 0 Å². The molecule has 0 spiro atoms. The maximum Gasteiger partial charge on any atom is 0.0665 e. The van der Waals surface area contributed by atoms with Crippen LogP contribution in [-0.4, -0.2) is 10.3 Å². The summed E-state index contributed by atoms with van der Waals surface area (Å²) in [5, 5.41) is 2.55. The van der Waals surface area contributed by atoms with Gasteiger partial charge in [-0.25, -0.2) is 0 Å². The molecule has 238 valence electrons. The largest absolute Gasteiger partial charge is 0.309 e. The van der Waals surface area contributed by atoms with Gasteiger partial charge in [-0.15, -0.1) is 0 Å². The lowest BCUT2D eigenvalue weighted by atomic mass is 9.78. The molecule has 0 N–H and O–H groups in total. The number of para-hydroxylation sites is 3. The van der Waals surface area contributed by atoms with E-state index in [9.17, 15) is 0 Å². The molecule has 0 bridgehead atoms. The lowest BCUT2D eigenvalue weighted by Crippen LogP contribution is -2.21. The number of rotatable bonds is 4. The molecular weight excluding hydrogens is 605 g/mol. The Morgan fingerprint density at radius 3 is 2.12 bits per heavy atom. The minimum absolute atomic E-state index is 0.138. The van der Waals surface area contributed by atoms with Gasteiger partial charge in [-0.3, -0.25) is 4.99 Å². The topological polar surface area (TPSA) is 17.3 Å². The second-order valence-electron chi connectivity index (χ2n) is 14.3. The summed E-state index contributed by atoms with van der Waals surface area (Å²) in [7, 11) is 0. The number of hydrogen-bond acceptors (Lipinski definition) is 1. The normalized spacial score (nSPS) is 15.8. The third kappa shape index (κ3) is 4.31. The number of benzene rings is 7. The maximum absolute atomic E-state index is 5.33. The van der Waals surface area contributed by atoms with E-state index in [1.165, 1.54) is 77.6 Å². The summed E-state index contributed by atoms with van der Waals surface area (Å²) in [6, 6.07) is 60.0. The zero-order valence-electron chi connectivity index (χ0n) is 28.3. The van der Waals surface area contributed by atoms with Crippen LogP contribution >= 0.6 is 0 Å². The Hall–Kier alpha value is -5.99. The Bertz CT molecular complexity index is 2640. The summed E-state index contributed by atoms with van der Waals surface area (Å²) in [6.07, 6.45) is 0.935. The predicted octanol–water partition coefficient (Wildman–Crippen LogP) is 12.2. The molecule has 2 aliphatic rings. The third-order valence-corrected chi connectivity index (χ3v) is 11.2. The number of nitrogens with zero attached hydrogens (tertiary/aromatic N) is 2. The summed E-state index contributed by atoms with van der Waals surface area (Å²) in [6.45, 7) is 4.79. The average Bonchev–Trinajstić information content (AvgIpc) is 3.63. The molecule has 50 heavy (non-hydrogen) atoms. The van der Waals surface area contributed by atoms with Gasteiger partial charge in [0.1, 0.15) is 0 Å². The molecule has 0 saturated carbocycles. The predicted molar refractivity (Wildman–Crippen MR) is 209 cm³/mol. The molecule has 8 aromatic rings. The first-order chi connectivity index (χ1) is 24.6. The first kappa shape index (κ1) is 29.0. The highest BCUT2D eigenvalue weighted by atomic mass is 15.0. The Morgan fingerprint density at radius 2 is 1.26 bits per heavy atom. The fourth-order valence-corrected chi connectivity index (χ4v) is 8.74. The molecule has 0 saturated heterocycles. The van der Waals surface area contributed by atoms with E-state index in [-0.39, 0.29) is 11.3 Å². The average molecular weight is 641 g/mol. The van der Waals surface area contributed by atoms with E-state index < -0.39 is 0 Å². The lowest BCUT2D eigenvalue weighted by molar-refractivity contribution is 0.659. The lowest BCUT2D eigenvalue weighted by Gasteiger charge is -2.28. The summed E-state index contributed by atoms with van der Waals surface area (Å²) >= 11 is 0. The standard InChI is InChI=1S/C48H36N2/c1-48(2)41-21-13-20-37(40-29-34-16-9-11-22-43(34)49-47(40)31-14-5-3-6-15-31)46(41)38-26-24-33(30-42(38)48)32-25-27-45-39(28-32)36-19-10-12-23-44(36)50(45)35-17-7-4-8-18-35/h3-28,30,40H,29H2,1-2H3/t40-/m1/s1. The Morgan fingerprint density at radius 1 is 0.560 bits per heavy atom. The molecular formula is C48H36N2. The van der Waals surface area contributed by atoms with E-state index in [2.05, 4.69) is 182 Å². The number of aliphatic imine (C=N–C) groups is 1. The van der Waals surface area contributed by atoms with Crippen LogP contribution in [0.1, 0.15) is 47.6 Å². The van der Waals surface area contributed by atoms with Crippen LogP contribution in [0.25, 0.3) is 49.7 Å². The Balaban J connectivity index is 1.11. The highest BCUT2D eigenvalue weighted by Crippen LogP contribution is 2.53. The van der Waals surface area contributed by atoms with Gasteiger partial charge in [0.2, 0.25) is 0 Å². The second kappa shape index (κ2) is 11.0. The van der Waals surface area contributed by atoms with Crippen LogP contribution in [0.3, 0.4) is 0 Å². The molecule has 2 heterocycles. The van der Waals surface area contributed by atoms with Gasteiger partial charge in [-0.1, -0.05) is 135 Å². The van der Waals surface area contributed by atoms with Gasteiger partial charge in [0.25, 0.3) is 0 Å². The van der Waals surface area contributed by atoms with Crippen LogP contribution in [0.2, 0.25) is 0 Å². The SMILES string of the molecule is CC1(C)c2cc(-c3ccc4c(c3)c3ccccc3n4-c3ccccc3)ccc2-c2c([C@H]3Cc4ccccc4N=C3c3ccccc3)cccc21. The summed E-state index contributed by atoms with van der Waals surface area (Å²) < 4.78 is 2.38. The fraction of sp³-hybridized carbons (Fsp3) is 0.104. The molecule has 2 heteroatoms. The molecule has 0 fully saturated rings. The molecule has 1 aliphatic carbocycles. The van der Waals surface area contributed by atoms with E-state index in [1.807, 2.05) is 0 Å². The number of hydrogen-bond donors (Lipinski definition) is 0. The molecule has 2 nitrogen and oxygen atoms in total. The highest BCUT2D eigenvalue weighted by molar-refractivity contribution is 6.11. The van der Waals surface area contributed by atoms with Crippen LogP contribution in [0, 0.1) is 0 Å². The number of aromatic nitrogens is 1. The van der Waals surface area contributed by atoms with Gasteiger partial charge in [0.15, 0.2) is 0 Å². The Kier molecular flexibility index (Phi) is 6.38. The molecule has 1 aliphatic heterocycles. The van der Waals surface area contributed by atoms with Crippen molar-refractivity contribution in [2.45, 2.75) is 31.6 Å². The molecule has 7 aromatic carbocycles. The van der Waals surface area contributed by atoms with Crippen molar-refractivity contribution in [3.63, 3.8) is 0 Å². The van der Waals surface area contributed by atoms with Crippen molar-refractivity contribution >= 4 is 33.2 Å². The van der Waals surface area contributed by atoms with Crippen LogP contribution in [0.15, 0.2) is 169 Å². The van der Waals surface area contributed by atoms with Crippen molar-refractivity contribution < 1.29 is 0 Å². The minimum atomic E-state index is -0.138. The second-order valence-corrected chi connectivity index (χ2v) is 14.3. The molecule has 0 radical (unpaired) electrons. The molecule has 0 unspecified atom stereocenters. The van der Waals surface area contributed by atoms with Crippen molar-refractivity contribution in [2.24, 2.45) is 4.99 Å². The fourth-order valence-electron chi connectivity index (χ4n) is 8.74. The van der Waals surface area contributed by atoms with Gasteiger partial charge in [0, 0.05) is 27.8 Å². The van der Waals surface area contributed by atoms with E-state index in [1.54, 1.807) is 0 Å². The van der Waals surface area contributed by atoms with Crippen molar-refractivity contribution in [2.75, 3.05) is 0 Å². The van der Waals surface area contributed by atoms with Crippen LogP contribution in [-0.2, 0) is 11.8 Å². The molecule has 10 rings (SSSR count). The first-order valence-electron chi connectivity index (χ1n) is 17.7. The van der Waals surface area contributed by atoms with E-state index >= 15 is 0 Å². The first-order valence-corrected chi connectivity index (χ1v) is 17.7. The number of fused-ring (bicyclic) bond motifs is 7. The summed E-state index contributed by atoms with van der Waals surface area (Å²) in [5.41, 5.74) is 17.6. The summed E-state index contributed by atoms with van der Waals surface area (Å²) in [5.74, 6) is 0.160. The highest BCUT2D eigenvalue weighted by Gasteiger charge is 2.39. The monoisotopic (exact) mass is 640 g/mol. The molecule has 0 amide bonds. The van der Waals surface area contributed by atoms with Crippen molar-refractivity contribution in [3.8, 4) is 27.9 Å². The summed E-state index contributed by atoms with van der Waals surface area (Å²) in [4.78, 5) is 5.33. The maximum atomic E-state index is 5.33. The zero-order chi connectivity index (χ0) is 33.4. The minimum Gasteiger partial charge on any atom is -0.309 e. The molecule has 1 atom stereocenters. The van der Waals surface area contributed by atoms with Crippen LogP contribution in [0.5, 0.6) is 0 Å². The van der Waals surface area contributed by atoms with E-state index in [0.29, 0.717) is 0 Å².